The highest BCUT2D eigenvalue weighted by atomic mass is 32.1. The summed E-state index contributed by atoms with van der Waals surface area (Å²) >= 11 is 1.56. The molecule has 2 rings (SSSR count). The molecule has 0 aliphatic rings. The summed E-state index contributed by atoms with van der Waals surface area (Å²) in [5.41, 5.74) is 1.19. The SMILES string of the molecule is Cc1ccsc1/C=C/C(=O)Nc1ccc(C(=O)O)cn1. The van der Waals surface area contributed by atoms with Crippen molar-refractivity contribution in [1.82, 2.24) is 4.98 Å². The highest BCUT2D eigenvalue weighted by Crippen LogP contribution is 2.17. The van der Waals surface area contributed by atoms with Crippen LogP contribution in [0, 0.1) is 6.92 Å². The van der Waals surface area contributed by atoms with E-state index in [2.05, 4.69) is 10.3 Å². The first-order chi connectivity index (χ1) is 9.56. The van der Waals surface area contributed by atoms with Crippen LogP contribution in [-0.2, 0) is 4.79 Å². The number of carboxylic acid groups (broad SMARTS) is 1. The van der Waals surface area contributed by atoms with Crippen LogP contribution in [0.3, 0.4) is 0 Å². The van der Waals surface area contributed by atoms with E-state index >= 15 is 0 Å². The lowest BCUT2D eigenvalue weighted by Crippen LogP contribution is -2.09. The number of nitrogens with zero attached hydrogens (tertiary/aromatic N) is 1. The largest absolute Gasteiger partial charge is 0.478 e. The number of hydrogen-bond acceptors (Lipinski definition) is 4. The van der Waals surface area contributed by atoms with Crippen LogP contribution in [0.25, 0.3) is 6.08 Å². The standard InChI is InChI=1S/C14H12N2O3S/c1-9-6-7-20-11(9)3-5-13(17)16-12-4-2-10(8-15-12)14(18)19/h2-8H,1H3,(H,18,19)(H,15,16,17)/b5-3+. The van der Waals surface area contributed by atoms with Crippen LogP contribution in [0.2, 0.25) is 0 Å². The van der Waals surface area contributed by atoms with Crippen LogP contribution < -0.4 is 5.32 Å². The van der Waals surface area contributed by atoms with Crippen molar-refractivity contribution < 1.29 is 14.7 Å². The van der Waals surface area contributed by atoms with Crippen LogP contribution in [0.4, 0.5) is 5.82 Å². The zero-order valence-corrected chi connectivity index (χ0v) is 11.5. The molecule has 5 nitrogen and oxygen atoms in total. The zero-order chi connectivity index (χ0) is 14.5. The fourth-order valence-corrected chi connectivity index (χ4v) is 2.29. The number of carbonyl (C=O) groups is 2. The number of aryl methyl sites for hydroxylation is 1. The number of nitrogens with one attached hydrogen (secondary N) is 1. The molecule has 0 saturated heterocycles. The van der Waals surface area contributed by atoms with Gasteiger partial charge >= 0.3 is 5.97 Å². The first kappa shape index (κ1) is 14.0. The van der Waals surface area contributed by atoms with Crippen molar-refractivity contribution in [2.24, 2.45) is 0 Å². The van der Waals surface area contributed by atoms with Gasteiger partial charge in [-0.15, -0.1) is 11.3 Å². The van der Waals surface area contributed by atoms with E-state index in [0.717, 1.165) is 10.4 Å². The topological polar surface area (TPSA) is 79.3 Å². The van der Waals surface area contributed by atoms with E-state index in [1.807, 2.05) is 18.4 Å². The van der Waals surface area contributed by atoms with Crippen molar-refractivity contribution in [3.8, 4) is 0 Å². The smallest absolute Gasteiger partial charge is 0.337 e. The van der Waals surface area contributed by atoms with Crippen molar-refractivity contribution in [2.75, 3.05) is 5.32 Å². The monoisotopic (exact) mass is 288 g/mol. The molecule has 1 amide bonds. The van der Waals surface area contributed by atoms with E-state index in [4.69, 9.17) is 5.11 Å². The van der Waals surface area contributed by atoms with Gasteiger partial charge in [-0.1, -0.05) is 0 Å². The molecule has 0 aliphatic carbocycles. The highest BCUT2D eigenvalue weighted by molar-refractivity contribution is 7.11. The number of aromatic nitrogens is 1. The summed E-state index contributed by atoms with van der Waals surface area (Å²) in [4.78, 5) is 27.2. The summed E-state index contributed by atoms with van der Waals surface area (Å²) in [5, 5.41) is 13.3. The Hall–Kier alpha value is -2.47. The minimum absolute atomic E-state index is 0.0766. The molecule has 102 valence electrons. The van der Waals surface area contributed by atoms with Crippen LogP contribution >= 0.6 is 11.3 Å². The Morgan fingerprint density at radius 1 is 1.35 bits per heavy atom. The van der Waals surface area contributed by atoms with Gasteiger partial charge in [0.15, 0.2) is 0 Å². The van der Waals surface area contributed by atoms with Crippen LogP contribution in [0.15, 0.2) is 35.9 Å². The lowest BCUT2D eigenvalue weighted by atomic mass is 10.2. The molecular weight excluding hydrogens is 276 g/mol. The molecule has 0 atom stereocenters. The van der Waals surface area contributed by atoms with Gasteiger partial charge in [0.25, 0.3) is 0 Å². The predicted octanol–water partition coefficient (Wildman–Crippen LogP) is 2.80. The molecule has 20 heavy (non-hydrogen) atoms. The Bertz CT molecular complexity index is 659. The molecule has 2 N–H and O–H groups in total. The van der Waals surface area contributed by atoms with Crippen molar-refractivity contribution in [3.05, 3.63) is 51.9 Å². The lowest BCUT2D eigenvalue weighted by Gasteiger charge is -2.01. The number of carboxylic acids is 1. The first-order valence-corrected chi connectivity index (χ1v) is 6.67. The van der Waals surface area contributed by atoms with Crippen molar-refractivity contribution in [3.63, 3.8) is 0 Å². The number of pyridine rings is 1. The normalized spacial score (nSPS) is 10.7. The number of rotatable bonds is 4. The Morgan fingerprint density at radius 2 is 2.15 bits per heavy atom. The van der Waals surface area contributed by atoms with Gasteiger partial charge in [-0.25, -0.2) is 9.78 Å². The van der Waals surface area contributed by atoms with Gasteiger partial charge in [0.1, 0.15) is 5.82 Å². The third-order valence-corrected chi connectivity index (χ3v) is 3.53. The van der Waals surface area contributed by atoms with E-state index in [1.165, 1.54) is 24.4 Å². The van der Waals surface area contributed by atoms with E-state index in [-0.39, 0.29) is 11.5 Å². The van der Waals surface area contributed by atoms with Gasteiger partial charge < -0.3 is 10.4 Å². The molecule has 0 unspecified atom stereocenters. The minimum atomic E-state index is -1.05. The van der Waals surface area contributed by atoms with Crippen molar-refractivity contribution in [1.29, 1.82) is 0 Å². The molecule has 6 heteroatoms. The molecule has 0 saturated carbocycles. The van der Waals surface area contributed by atoms with Crippen LogP contribution in [-0.4, -0.2) is 22.0 Å². The molecule has 2 heterocycles. The van der Waals surface area contributed by atoms with Gasteiger partial charge in [-0.2, -0.15) is 0 Å². The second-order valence-electron chi connectivity index (χ2n) is 4.03. The fourth-order valence-electron chi connectivity index (χ4n) is 1.47. The quantitative estimate of drug-likeness (QED) is 0.848. The average Bonchev–Trinajstić information content (AvgIpc) is 2.82. The Labute approximate surface area is 119 Å². The summed E-state index contributed by atoms with van der Waals surface area (Å²) in [6.45, 7) is 1.97. The molecular formula is C14H12N2O3S. The molecule has 0 aliphatic heterocycles. The van der Waals surface area contributed by atoms with E-state index < -0.39 is 5.97 Å². The number of hydrogen-bond donors (Lipinski definition) is 2. The Kier molecular flexibility index (Phi) is 4.27. The number of carbonyl (C=O) groups excluding carboxylic acids is 1. The van der Waals surface area contributed by atoms with Gasteiger partial charge in [-0.3, -0.25) is 4.79 Å². The van der Waals surface area contributed by atoms with Gasteiger partial charge in [0.05, 0.1) is 5.56 Å². The maximum atomic E-state index is 11.7. The third-order valence-electron chi connectivity index (χ3n) is 2.55. The van der Waals surface area contributed by atoms with Crippen molar-refractivity contribution in [2.45, 2.75) is 6.92 Å². The van der Waals surface area contributed by atoms with Gasteiger partial charge in [0, 0.05) is 17.2 Å². The van der Waals surface area contributed by atoms with Gasteiger partial charge in [0.2, 0.25) is 5.91 Å². The molecule has 0 bridgehead atoms. The molecule has 0 fully saturated rings. The Morgan fingerprint density at radius 3 is 2.70 bits per heavy atom. The molecule has 0 spiro atoms. The van der Waals surface area contributed by atoms with Crippen LogP contribution in [0.1, 0.15) is 20.8 Å². The zero-order valence-electron chi connectivity index (χ0n) is 10.7. The number of thiophene rings is 1. The predicted molar refractivity (Wildman–Crippen MR) is 77.9 cm³/mol. The lowest BCUT2D eigenvalue weighted by molar-refractivity contribution is -0.111. The molecule has 2 aromatic rings. The number of aromatic carboxylic acids is 1. The van der Waals surface area contributed by atoms with Gasteiger partial charge in [-0.05, 0) is 42.1 Å². The average molecular weight is 288 g/mol. The summed E-state index contributed by atoms with van der Waals surface area (Å²) in [7, 11) is 0. The molecule has 2 aromatic heterocycles. The van der Waals surface area contributed by atoms with Crippen LogP contribution in [0.5, 0.6) is 0 Å². The minimum Gasteiger partial charge on any atom is -0.478 e. The Balaban J connectivity index is 1.99. The number of anilines is 1. The van der Waals surface area contributed by atoms with E-state index in [9.17, 15) is 9.59 Å². The van der Waals surface area contributed by atoms with E-state index in [1.54, 1.807) is 17.4 Å². The van der Waals surface area contributed by atoms with E-state index in [0.29, 0.717) is 5.82 Å². The summed E-state index contributed by atoms with van der Waals surface area (Å²) in [5.74, 6) is -1.05. The second-order valence-corrected chi connectivity index (χ2v) is 4.98. The summed E-state index contributed by atoms with van der Waals surface area (Å²) in [6.07, 6.45) is 4.36. The highest BCUT2D eigenvalue weighted by Gasteiger charge is 2.04. The maximum Gasteiger partial charge on any atom is 0.337 e. The second kappa shape index (κ2) is 6.12. The molecule has 0 aromatic carbocycles. The molecule has 0 radical (unpaired) electrons. The summed E-state index contributed by atoms with van der Waals surface area (Å²) < 4.78 is 0. The summed E-state index contributed by atoms with van der Waals surface area (Å²) in [6, 6.07) is 4.82. The number of amides is 1. The maximum absolute atomic E-state index is 11.7. The van der Waals surface area contributed by atoms with Crippen molar-refractivity contribution >= 4 is 35.1 Å². The fraction of sp³-hybridized carbons (Fsp3) is 0.0714. The third kappa shape index (κ3) is 3.52. The first-order valence-electron chi connectivity index (χ1n) is 5.79.